The Kier molecular flexibility index (Phi) is 13.0. The molecule has 0 radical (unpaired) electrons. The van der Waals surface area contributed by atoms with Crippen LogP contribution < -0.4 is 9.80 Å². The highest BCUT2D eigenvalue weighted by molar-refractivity contribution is 6.92. The molecule has 10 aromatic rings. The Labute approximate surface area is 388 Å². The number of benzene rings is 9. The van der Waals surface area contributed by atoms with E-state index < -0.39 is 9.79 Å². The van der Waals surface area contributed by atoms with E-state index in [9.17, 15) is 0 Å². The predicted octanol–water partition coefficient (Wildman–Crippen LogP) is 16.3. The molecule has 65 heavy (non-hydrogen) atoms. The van der Waals surface area contributed by atoms with E-state index in [1.807, 2.05) is 54.6 Å². The molecule has 1 atom stereocenters. The van der Waals surface area contributed by atoms with Crippen molar-refractivity contribution in [2.45, 2.75) is 20.8 Å². The number of aromatic nitrogens is 2. The molecule has 318 valence electrons. The zero-order chi connectivity index (χ0) is 46.4. The fraction of sp³-hybridized carbons (Fsp3) is 0.0508. The fourth-order valence-corrected chi connectivity index (χ4v) is 7.78. The highest BCUT2D eigenvalue weighted by Gasteiger charge is 2.15. The summed E-state index contributed by atoms with van der Waals surface area (Å²) in [5.74, 6) is 1.07. The van der Waals surface area contributed by atoms with E-state index in [0.29, 0.717) is 11.8 Å². The quantitative estimate of drug-likeness (QED) is 0.128. The van der Waals surface area contributed by atoms with E-state index >= 15 is 0 Å². The summed E-state index contributed by atoms with van der Waals surface area (Å²) in [5.41, 5.74) is 17.1. The van der Waals surface area contributed by atoms with E-state index in [1.54, 1.807) is 0 Å². The first-order chi connectivity index (χ1) is 32.9. The molecule has 0 aliphatic heterocycles. The molecule has 5 nitrogen and oxygen atoms in total. The molecule has 0 fully saturated rings. The van der Waals surface area contributed by atoms with E-state index in [4.69, 9.17) is 6.97 Å². The van der Waals surface area contributed by atoms with Crippen molar-refractivity contribution in [2.75, 3.05) is 9.80 Å². The van der Waals surface area contributed by atoms with Gasteiger partial charge in [0.15, 0.2) is 0 Å². The molecule has 1 unspecified atom stereocenters. The minimum atomic E-state index is -0.417. The van der Waals surface area contributed by atoms with E-state index in [2.05, 4.69) is 223 Å². The summed E-state index contributed by atoms with van der Waals surface area (Å²) < 4.78 is 17.6. The topological polar surface area (TPSA) is 45.4 Å². The molecule has 0 N–H and O–H groups in total. The lowest BCUT2D eigenvalue weighted by Crippen LogP contribution is -2.10. The third kappa shape index (κ3) is 10.5. The molecule has 0 spiro atoms. The van der Waals surface area contributed by atoms with Gasteiger partial charge in [0.05, 0.1) is 2.56 Å². The lowest BCUT2D eigenvalue weighted by Gasteiger charge is -2.26. The number of anilines is 6. The van der Waals surface area contributed by atoms with Crippen molar-refractivity contribution in [1.82, 2.24) is 10.2 Å². The SMILES string of the molecule is Cc1ccc(-c2nnc(-c3ccc(-c4ccccc4)cc3)o2)cc1.Cc1cccc(N(c2ccccc2)c2ccc(-c3ccc(N(c4ccccc4)c4cccc(C)c4)cc3)cc2)c1.[2H]P[3H]. The molecule has 1 heterocycles. The zero-order valence-corrected chi connectivity index (χ0v) is 37.7. The summed E-state index contributed by atoms with van der Waals surface area (Å²) in [6, 6.07) is 82.6. The molecular formula is C59H51N4OP. The second-order valence-corrected chi connectivity index (χ2v) is 15.8. The molecule has 0 aliphatic rings. The molecule has 0 aliphatic carbocycles. The van der Waals surface area contributed by atoms with Crippen molar-refractivity contribution < 1.29 is 4.42 Å². The van der Waals surface area contributed by atoms with Crippen molar-refractivity contribution in [2.24, 2.45) is 0 Å². The number of hydrogen-bond donors (Lipinski definition) is 0. The van der Waals surface area contributed by atoms with Crippen LogP contribution in [0.25, 0.3) is 45.2 Å². The van der Waals surface area contributed by atoms with Gasteiger partial charge in [-0.15, -0.1) is 10.2 Å². The molecule has 10 rings (SSSR count). The Balaban J connectivity index is 0.000000191. The van der Waals surface area contributed by atoms with Gasteiger partial charge in [-0.1, -0.05) is 145 Å². The van der Waals surface area contributed by atoms with Crippen LogP contribution in [0.4, 0.5) is 34.1 Å². The van der Waals surface area contributed by atoms with Crippen LogP contribution in [0.15, 0.2) is 241 Å². The molecule has 6 heteroatoms. The normalized spacial score (nSPS) is 11.1. The highest BCUT2D eigenvalue weighted by Crippen LogP contribution is 2.38. The van der Waals surface area contributed by atoms with Crippen LogP contribution in [0.2, 0.25) is 0 Å². The first-order valence-corrected chi connectivity index (χ1v) is 21.6. The lowest BCUT2D eigenvalue weighted by molar-refractivity contribution is 0.584. The smallest absolute Gasteiger partial charge is 0.248 e. The average Bonchev–Trinajstić information content (AvgIpc) is 3.87. The summed E-state index contributed by atoms with van der Waals surface area (Å²) in [6.45, 7) is 6.33. The summed E-state index contributed by atoms with van der Waals surface area (Å²) >= 11 is 0. The van der Waals surface area contributed by atoms with E-state index in [1.165, 1.54) is 33.4 Å². The maximum absolute atomic E-state index is 5.90. The summed E-state index contributed by atoms with van der Waals surface area (Å²) in [5, 5.41) is 8.33. The van der Waals surface area contributed by atoms with Crippen molar-refractivity contribution in [1.29, 1.82) is 2.56 Å². The number of para-hydroxylation sites is 2. The Hall–Kier alpha value is -7.85. The second-order valence-electron chi connectivity index (χ2n) is 15.8. The van der Waals surface area contributed by atoms with Gasteiger partial charge < -0.3 is 14.2 Å². The molecular weight excluding hydrogens is 812 g/mol. The molecule has 9 aromatic carbocycles. The van der Waals surface area contributed by atoms with Crippen molar-refractivity contribution >= 4 is 43.9 Å². The predicted molar refractivity (Wildman–Crippen MR) is 277 cm³/mol. The lowest BCUT2D eigenvalue weighted by atomic mass is 10.0. The summed E-state index contributed by atoms with van der Waals surface area (Å²) in [6.07, 6.45) is 0. The first kappa shape index (κ1) is 41.2. The Morgan fingerprint density at radius 3 is 1.06 bits per heavy atom. The maximum atomic E-state index is 5.90. The van der Waals surface area contributed by atoms with Gasteiger partial charge in [0.25, 0.3) is 0 Å². The second kappa shape index (κ2) is 20.6. The molecule has 0 saturated carbocycles. The number of rotatable bonds is 10. The largest absolute Gasteiger partial charge is 0.416 e. The minimum absolute atomic E-state index is 0.417. The first-order valence-electron chi connectivity index (χ1n) is 22.6. The van der Waals surface area contributed by atoms with Crippen LogP contribution in [0.5, 0.6) is 0 Å². The van der Waals surface area contributed by atoms with Gasteiger partial charge in [0.1, 0.15) is 0 Å². The third-order valence-corrected chi connectivity index (χ3v) is 11.1. The minimum Gasteiger partial charge on any atom is -0.416 e. The van der Waals surface area contributed by atoms with Crippen LogP contribution in [-0.4, -0.2) is 12.8 Å². The maximum Gasteiger partial charge on any atom is 0.248 e. The number of nitrogens with zero attached hydrogens (tertiary/aromatic N) is 4. The average molecular weight is 866 g/mol. The van der Waals surface area contributed by atoms with Gasteiger partial charge in [-0.25, -0.2) is 0 Å². The van der Waals surface area contributed by atoms with Crippen molar-refractivity contribution in [3.05, 3.63) is 253 Å². The summed E-state index contributed by atoms with van der Waals surface area (Å²) in [4.78, 5) is 4.61. The van der Waals surface area contributed by atoms with Crippen LogP contribution >= 0.6 is 9.79 Å². The van der Waals surface area contributed by atoms with Gasteiger partial charge in [-0.05, 0) is 151 Å². The monoisotopic (exact) mass is 865 g/mol. The molecule has 0 saturated heterocycles. The van der Waals surface area contributed by atoms with Crippen LogP contribution in [-0.2, 0) is 0 Å². The molecule has 0 amide bonds. The number of hydrogen-bond acceptors (Lipinski definition) is 5. The third-order valence-electron chi connectivity index (χ3n) is 11.1. The fourth-order valence-electron chi connectivity index (χ4n) is 7.78. The Bertz CT molecular complexity index is 2950. The van der Waals surface area contributed by atoms with Crippen molar-refractivity contribution in [3.63, 3.8) is 0 Å². The van der Waals surface area contributed by atoms with Gasteiger partial charge in [-0.2, -0.15) is 9.79 Å². The van der Waals surface area contributed by atoms with Crippen LogP contribution in [0.3, 0.4) is 0 Å². The van der Waals surface area contributed by atoms with E-state index in [0.717, 1.165) is 50.8 Å². The van der Waals surface area contributed by atoms with Gasteiger partial charge in [-0.3, -0.25) is 0 Å². The zero-order valence-electron chi connectivity index (χ0n) is 38.7. The van der Waals surface area contributed by atoms with E-state index in [-0.39, 0.29) is 0 Å². The number of aryl methyl sites for hydroxylation is 3. The van der Waals surface area contributed by atoms with Crippen molar-refractivity contribution in [3.8, 4) is 45.2 Å². The molecule has 1 aromatic heterocycles. The molecule has 0 bridgehead atoms. The van der Waals surface area contributed by atoms with Gasteiger partial charge >= 0.3 is 0 Å². The van der Waals surface area contributed by atoms with Gasteiger partial charge in [0.2, 0.25) is 11.8 Å². The van der Waals surface area contributed by atoms with Crippen LogP contribution in [0, 0.1) is 20.8 Å². The standard InChI is InChI=1S/C38H32N2.C21H16N2O.H3P/c1-29-11-9-17-37(27-29)39(33-13-5-3-6-14-33)35-23-19-31(20-24-35)32-21-25-36(26-22-32)40(34-15-7-4-8-16-34)38-18-10-12-30(2)28-38;1-15-7-9-18(10-8-15)20-22-23-21(24-20)19-13-11-17(12-14-19)16-5-3-2-4-6-16;/h3-28H,1-2H3;2-14H,1H3;1H3/i;;1TD. The summed E-state index contributed by atoms with van der Waals surface area (Å²) in [7, 11) is -0.417. The van der Waals surface area contributed by atoms with Gasteiger partial charge in [0, 0.05) is 45.3 Å². The Morgan fingerprint density at radius 2 is 0.662 bits per heavy atom. The van der Waals surface area contributed by atoms with Crippen LogP contribution in [0.1, 0.15) is 16.7 Å². The Morgan fingerprint density at radius 1 is 0.354 bits per heavy atom. The highest BCUT2D eigenvalue weighted by atomic mass is 31.0.